The van der Waals surface area contributed by atoms with Crippen molar-refractivity contribution >= 4 is 35.0 Å². The van der Waals surface area contributed by atoms with Gasteiger partial charge in [0.25, 0.3) is 0 Å². The number of hydrogen-bond acceptors (Lipinski definition) is 4. The summed E-state index contributed by atoms with van der Waals surface area (Å²) >= 11 is 6.10. The third-order valence-corrected chi connectivity index (χ3v) is 6.68. The van der Waals surface area contributed by atoms with Crippen molar-refractivity contribution in [3.05, 3.63) is 64.9 Å². The lowest BCUT2D eigenvalue weighted by Crippen LogP contribution is -2.61. The van der Waals surface area contributed by atoms with Crippen molar-refractivity contribution in [3.8, 4) is 0 Å². The molecule has 0 aliphatic carbocycles. The lowest BCUT2D eigenvalue weighted by atomic mass is 10.1. The van der Waals surface area contributed by atoms with Crippen LogP contribution in [-0.4, -0.2) is 77.7 Å². The molecule has 3 amide bonds. The molecular weight excluding hydrogens is 459 g/mol. The standard InChI is InChI=1S/C25H28ClFN4O3/c1-2-22(23(32)29-12-10-28(11-13-29)21-5-3-4-19(26)16-21)31-15-14-30(24(33)25(31)34)17-18-6-8-20(27)9-7-18/h3-9,16,22H,2,10-15,17H2,1H3. The average molecular weight is 487 g/mol. The Balaban J connectivity index is 1.36. The van der Waals surface area contributed by atoms with Gasteiger partial charge in [0.05, 0.1) is 0 Å². The number of carbonyl (C=O) groups excluding carboxylic acids is 3. The number of hydrogen-bond donors (Lipinski definition) is 0. The third-order valence-electron chi connectivity index (χ3n) is 6.44. The molecule has 0 radical (unpaired) electrons. The van der Waals surface area contributed by atoms with Gasteiger partial charge in [-0.25, -0.2) is 4.39 Å². The molecule has 2 aromatic carbocycles. The Kier molecular flexibility index (Phi) is 7.36. The second-order valence-electron chi connectivity index (χ2n) is 8.57. The third kappa shape index (κ3) is 5.17. The van der Waals surface area contributed by atoms with E-state index in [0.29, 0.717) is 50.7 Å². The Hall–Kier alpha value is -3.13. The maximum atomic E-state index is 13.3. The fraction of sp³-hybridized carbons (Fsp3) is 0.400. The molecule has 0 saturated carbocycles. The van der Waals surface area contributed by atoms with Crippen molar-refractivity contribution in [2.45, 2.75) is 25.9 Å². The first-order chi connectivity index (χ1) is 16.4. The number of carbonyl (C=O) groups is 3. The first kappa shape index (κ1) is 24.0. The summed E-state index contributed by atoms with van der Waals surface area (Å²) < 4.78 is 13.2. The molecule has 1 atom stereocenters. The zero-order valence-corrected chi connectivity index (χ0v) is 19.9. The fourth-order valence-corrected chi connectivity index (χ4v) is 4.73. The second-order valence-corrected chi connectivity index (χ2v) is 9.00. The summed E-state index contributed by atoms with van der Waals surface area (Å²) in [6, 6.07) is 12.8. The number of benzene rings is 2. The molecule has 1 unspecified atom stereocenters. The number of anilines is 1. The van der Waals surface area contributed by atoms with Crippen LogP contribution in [0.1, 0.15) is 18.9 Å². The van der Waals surface area contributed by atoms with E-state index in [1.54, 1.807) is 17.0 Å². The molecule has 2 aliphatic rings. The van der Waals surface area contributed by atoms with Gasteiger partial charge >= 0.3 is 11.8 Å². The molecule has 0 bridgehead atoms. The topological polar surface area (TPSA) is 64.2 Å². The van der Waals surface area contributed by atoms with Gasteiger partial charge in [-0.15, -0.1) is 0 Å². The summed E-state index contributed by atoms with van der Waals surface area (Å²) in [6.45, 7) is 5.11. The van der Waals surface area contributed by atoms with E-state index in [0.717, 1.165) is 11.3 Å². The molecule has 0 aromatic heterocycles. The van der Waals surface area contributed by atoms with Crippen molar-refractivity contribution in [1.82, 2.24) is 14.7 Å². The Labute approximate surface area is 203 Å². The van der Waals surface area contributed by atoms with E-state index in [1.165, 1.54) is 21.9 Å². The van der Waals surface area contributed by atoms with Crippen LogP contribution >= 0.6 is 11.6 Å². The molecule has 2 heterocycles. The van der Waals surface area contributed by atoms with Gasteiger partial charge in [-0.05, 0) is 42.3 Å². The lowest BCUT2D eigenvalue weighted by Gasteiger charge is -2.41. The highest BCUT2D eigenvalue weighted by Crippen LogP contribution is 2.22. The van der Waals surface area contributed by atoms with Crippen LogP contribution in [0.25, 0.3) is 0 Å². The van der Waals surface area contributed by atoms with Crippen molar-refractivity contribution in [2.24, 2.45) is 0 Å². The van der Waals surface area contributed by atoms with Gasteiger partial charge in [0.2, 0.25) is 5.91 Å². The molecule has 180 valence electrons. The van der Waals surface area contributed by atoms with Gasteiger partial charge in [0.1, 0.15) is 11.9 Å². The Morgan fingerprint density at radius 1 is 0.971 bits per heavy atom. The van der Waals surface area contributed by atoms with Crippen molar-refractivity contribution in [1.29, 1.82) is 0 Å². The van der Waals surface area contributed by atoms with Crippen LogP contribution in [0.5, 0.6) is 0 Å². The van der Waals surface area contributed by atoms with Crippen LogP contribution in [0.3, 0.4) is 0 Å². The summed E-state index contributed by atoms with van der Waals surface area (Å²) in [5, 5.41) is 0.670. The van der Waals surface area contributed by atoms with Crippen LogP contribution in [0.15, 0.2) is 48.5 Å². The zero-order chi connectivity index (χ0) is 24.2. The molecule has 34 heavy (non-hydrogen) atoms. The normalized spacial score (nSPS) is 17.9. The molecule has 9 heteroatoms. The van der Waals surface area contributed by atoms with E-state index < -0.39 is 17.9 Å². The lowest BCUT2D eigenvalue weighted by molar-refractivity contribution is -0.161. The molecule has 0 N–H and O–H groups in total. The first-order valence-corrected chi connectivity index (χ1v) is 11.9. The SMILES string of the molecule is CCC(C(=O)N1CCN(c2cccc(Cl)c2)CC1)N1CCN(Cc2ccc(F)cc2)C(=O)C1=O. The Bertz CT molecular complexity index is 1060. The number of piperazine rings is 2. The monoisotopic (exact) mass is 486 g/mol. The second kappa shape index (κ2) is 10.4. The fourth-order valence-electron chi connectivity index (χ4n) is 4.55. The van der Waals surface area contributed by atoms with Gasteiger partial charge in [0, 0.05) is 56.5 Å². The van der Waals surface area contributed by atoms with Gasteiger partial charge in [0.15, 0.2) is 0 Å². The van der Waals surface area contributed by atoms with Crippen LogP contribution < -0.4 is 4.90 Å². The summed E-state index contributed by atoms with van der Waals surface area (Å²) in [5.74, 6) is -1.77. The molecule has 2 saturated heterocycles. The zero-order valence-electron chi connectivity index (χ0n) is 19.1. The quantitative estimate of drug-likeness (QED) is 0.589. The number of halogens is 2. The van der Waals surface area contributed by atoms with E-state index in [1.807, 2.05) is 31.2 Å². The number of amides is 3. The maximum Gasteiger partial charge on any atom is 0.312 e. The molecule has 4 rings (SSSR count). The maximum absolute atomic E-state index is 13.3. The molecule has 2 aliphatic heterocycles. The predicted molar refractivity (Wildman–Crippen MR) is 128 cm³/mol. The molecule has 0 spiro atoms. The minimum absolute atomic E-state index is 0.124. The van der Waals surface area contributed by atoms with Crippen molar-refractivity contribution in [3.63, 3.8) is 0 Å². The summed E-state index contributed by atoms with van der Waals surface area (Å²) in [5.41, 5.74) is 1.77. The number of nitrogens with zero attached hydrogens (tertiary/aromatic N) is 4. The first-order valence-electron chi connectivity index (χ1n) is 11.5. The molecule has 7 nitrogen and oxygen atoms in total. The van der Waals surface area contributed by atoms with Crippen LogP contribution in [0, 0.1) is 5.82 Å². The molecule has 2 fully saturated rings. The van der Waals surface area contributed by atoms with E-state index in [4.69, 9.17) is 11.6 Å². The van der Waals surface area contributed by atoms with Gasteiger partial charge < -0.3 is 19.6 Å². The number of rotatable bonds is 6. The minimum Gasteiger partial charge on any atom is -0.368 e. The van der Waals surface area contributed by atoms with E-state index in [-0.39, 0.29) is 18.3 Å². The van der Waals surface area contributed by atoms with Crippen LogP contribution in [0.2, 0.25) is 5.02 Å². The summed E-state index contributed by atoms with van der Waals surface area (Å²) in [7, 11) is 0. The molecule has 2 aromatic rings. The highest BCUT2D eigenvalue weighted by molar-refractivity contribution is 6.35. The summed E-state index contributed by atoms with van der Waals surface area (Å²) in [6.07, 6.45) is 0.435. The highest BCUT2D eigenvalue weighted by Gasteiger charge is 2.40. The minimum atomic E-state index is -0.665. The van der Waals surface area contributed by atoms with E-state index in [9.17, 15) is 18.8 Å². The predicted octanol–water partition coefficient (Wildman–Crippen LogP) is 2.78. The van der Waals surface area contributed by atoms with Crippen LogP contribution in [0.4, 0.5) is 10.1 Å². The summed E-state index contributed by atoms with van der Waals surface area (Å²) in [4.78, 5) is 45.8. The van der Waals surface area contributed by atoms with Gasteiger partial charge in [-0.1, -0.05) is 36.7 Å². The smallest absolute Gasteiger partial charge is 0.312 e. The Morgan fingerprint density at radius 2 is 1.68 bits per heavy atom. The van der Waals surface area contributed by atoms with Gasteiger partial charge in [-0.2, -0.15) is 0 Å². The van der Waals surface area contributed by atoms with E-state index in [2.05, 4.69) is 4.90 Å². The Morgan fingerprint density at radius 3 is 2.32 bits per heavy atom. The average Bonchev–Trinajstić information content (AvgIpc) is 2.85. The highest BCUT2D eigenvalue weighted by atomic mass is 35.5. The van der Waals surface area contributed by atoms with Gasteiger partial charge in [-0.3, -0.25) is 14.4 Å². The van der Waals surface area contributed by atoms with Crippen molar-refractivity contribution < 1.29 is 18.8 Å². The van der Waals surface area contributed by atoms with E-state index >= 15 is 0 Å². The molecular formula is C25H28ClFN4O3. The van der Waals surface area contributed by atoms with Crippen LogP contribution in [-0.2, 0) is 20.9 Å². The van der Waals surface area contributed by atoms with Crippen molar-refractivity contribution in [2.75, 3.05) is 44.2 Å². The largest absolute Gasteiger partial charge is 0.368 e.